The number of aromatic nitrogens is 5. The number of alkyl halides is 2. The number of anilines is 1. The van der Waals surface area contributed by atoms with Crippen molar-refractivity contribution in [1.29, 1.82) is 5.26 Å². The van der Waals surface area contributed by atoms with Crippen molar-refractivity contribution >= 4 is 23.1 Å². The summed E-state index contributed by atoms with van der Waals surface area (Å²) < 4.78 is 34.1. The molecule has 1 aliphatic carbocycles. The number of carbonyl (C=O) groups excluding carboxylic acids is 2. The molecular formula is C25H22F2N8O3. The van der Waals surface area contributed by atoms with Crippen LogP contribution in [0.15, 0.2) is 49.1 Å². The first-order valence-electron chi connectivity index (χ1n) is 11.6. The SMILES string of the molecule is CN(C)C(=O)Cn1cc(NC(=O)c2cnn3cccnc23)c(-c2cc([C@@H]3C[C@H]3C#N)ccc2OC(F)F)n1. The molecule has 194 valence electrons. The van der Waals surface area contributed by atoms with Crippen LogP contribution in [0.4, 0.5) is 14.5 Å². The lowest BCUT2D eigenvalue weighted by molar-refractivity contribution is -0.129. The van der Waals surface area contributed by atoms with Crippen LogP contribution in [0.5, 0.6) is 5.75 Å². The molecule has 0 spiro atoms. The topological polar surface area (TPSA) is 130 Å². The van der Waals surface area contributed by atoms with Gasteiger partial charge in [0.25, 0.3) is 5.91 Å². The molecule has 5 rings (SSSR count). The lowest BCUT2D eigenvalue weighted by Gasteiger charge is -2.13. The van der Waals surface area contributed by atoms with Crippen LogP contribution in [-0.2, 0) is 11.3 Å². The average molecular weight is 521 g/mol. The molecule has 1 fully saturated rings. The van der Waals surface area contributed by atoms with Gasteiger partial charge in [0.05, 0.1) is 23.9 Å². The van der Waals surface area contributed by atoms with Crippen molar-refractivity contribution in [3.63, 3.8) is 0 Å². The molecule has 11 nitrogen and oxygen atoms in total. The van der Waals surface area contributed by atoms with Gasteiger partial charge < -0.3 is 15.0 Å². The van der Waals surface area contributed by atoms with Crippen LogP contribution in [0.3, 0.4) is 0 Å². The Bertz CT molecular complexity index is 1570. The minimum Gasteiger partial charge on any atom is -0.434 e. The number of ether oxygens (including phenoxy) is 1. The van der Waals surface area contributed by atoms with E-state index in [1.54, 1.807) is 38.5 Å². The molecule has 0 unspecified atom stereocenters. The Hall–Kier alpha value is -4.86. The number of rotatable bonds is 8. The fourth-order valence-corrected chi connectivity index (χ4v) is 4.12. The van der Waals surface area contributed by atoms with Crippen LogP contribution in [-0.4, -0.2) is 61.8 Å². The van der Waals surface area contributed by atoms with Crippen LogP contribution >= 0.6 is 0 Å². The van der Waals surface area contributed by atoms with E-state index in [0.29, 0.717) is 12.1 Å². The average Bonchev–Trinajstić information content (AvgIpc) is 3.39. The Morgan fingerprint density at radius 3 is 2.87 bits per heavy atom. The highest BCUT2D eigenvalue weighted by Crippen LogP contribution is 2.49. The van der Waals surface area contributed by atoms with Crippen LogP contribution in [0.25, 0.3) is 16.9 Å². The first-order valence-corrected chi connectivity index (χ1v) is 11.6. The van der Waals surface area contributed by atoms with Crippen molar-refractivity contribution in [3.8, 4) is 23.1 Å². The van der Waals surface area contributed by atoms with Gasteiger partial charge in [0.1, 0.15) is 23.6 Å². The van der Waals surface area contributed by atoms with Crippen molar-refractivity contribution in [3.05, 3.63) is 60.2 Å². The molecular weight excluding hydrogens is 498 g/mol. The number of nitriles is 1. The predicted octanol–water partition coefficient (Wildman–Crippen LogP) is 3.16. The van der Waals surface area contributed by atoms with Gasteiger partial charge in [-0.15, -0.1) is 0 Å². The van der Waals surface area contributed by atoms with Crippen molar-refractivity contribution in [2.24, 2.45) is 5.92 Å². The number of hydrogen-bond acceptors (Lipinski definition) is 7. The molecule has 1 N–H and O–H groups in total. The second-order valence-corrected chi connectivity index (χ2v) is 8.99. The number of likely N-dealkylation sites (N-methyl/N-ethyl adjacent to an activating group) is 1. The molecule has 38 heavy (non-hydrogen) atoms. The number of amides is 2. The molecule has 0 bridgehead atoms. The molecule has 1 saturated carbocycles. The van der Waals surface area contributed by atoms with Crippen molar-refractivity contribution in [2.75, 3.05) is 19.4 Å². The Balaban J connectivity index is 1.58. The van der Waals surface area contributed by atoms with Crippen LogP contribution in [0, 0.1) is 17.2 Å². The molecule has 2 amide bonds. The van der Waals surface area contributed by atoms with E-state index >= 15 is 0 Å². The standard InChI is InChI=1S/C25H22F2N8O3/c1-33(2)21(36)13-34-12-19(31-24(37)18-11-30-35-7-3-6-29-23(18)35)22(32-34)17-8-14(16-9-15(16)10-28)4-5-20(17)38-25(26)27/h3-8,11-12,15-16,25H,9,13H2,1-2H3,(H,31,37)/t15-,16-/m0/s1. The molecule has 1 aliphatic rings. The van der Waals surface area contributed by atoms with Crippen LogP contribution < -0.4 is 10.1 Å². The Morgan fingerprint density at radius 1 is 1.34 bits per heavy atom. The van der Waals surface area contributed by atoms with Gasteiger partial charge in [0.15, 0.2) is 5.65 Å². The van der Waals surface area contributed by atoms with Gasteiger partial charge >= 0.3 is 6.61 Å². The molecule has 0 radical (unpaired) electrons. The van der Waals surface area contributed by atoms with Gasteiger partial charge in [0, 0.05) is 44.2 Å². The second kappa shape index (κ2) is 9.89. The summed E-state index contributed by atoms with van der Waals surface area (Å²) in [5, 5.41) is 20.6. The number of benzene rings is 1. The summed E-state index contributed by atoms with van der Waals surface area (Å²) in [4.78, 5) is 31.2. The summed E-state index contributed by atoms with van der Waals surface area (Å²) in [6.45, 7) is -3.26. The monoisotopic (exact) mass is 520 g/mol. The summed E-state index contributed by atoms with van der Waals surface area (Å²) >= 11 is 0. The maximum atomic E-state index is 13.3. The maximum absolute atomic E-state index is 13.3. The fraction of sp³-hybridized carbons (Fsp3) is 0.280. The third kappa shape index (κ3) is 4.88. The maximum Gasteiger partial charge on any atom is 0.387 e. The van der Waals surface area contributed by atoms with Crippen molar-refractivity contribution in [2.45, 2.75) is 25.5 Å². The second-order valence-electron chi connectivity index (χ2n) is 8.99. The third-order valence-electron chi connectivity index (χ3n) is 6.19. The lowest BCUT2D eigenvalue weighted by Crippen LogP contribution is -2.26. The van der Waals surface area contributed by atoms with E-state index in [0.717, 1.165) is 5.56 Å². The largest absolute Gasteiger partial charge is 0.434 e. The quantitative estimate of drug-likeness (QED) is 0.378. The first-order chi connectivity index (χ1) is 18.2. The number of nitrogens with zero attached hydrogens (tertiary/aromatic N) is 7. The summed E-state index contributed by atoms with van der Waals surface area (Å²) in [5.74, 6) is -1.19. The zero-order chi connectivity index (χ0) is 27.0. The highest BCUT2D eigenvalue weighted by molar-refractivity contribution is 6.09. The molecule has 3 aromatic heterocycles. The lowest BCUT2D eigenvalue weighted by atomic mass is 10.0. The number of fused-ring (bicyclic) bond motifs is 1. The number of hydrogen-bond donors (Lipinski definition) is 1. The molecule has 1 aromatic carbocycles. The van der Waals surface area contributed by atoms with E-state index in [-0.39, 0.29) is 52.5 Å². The van der Waals surface area contributed by atoms with Gasteiger partial charge in [-0.05, 0) is 30.2 Å². The number of nitrogens with one attached hydrogen (secondary N) is 1. The van der Waals surface area contributed by atoms with E-state index in [2.05, 4.69) is 26.6 Å². The molecule has 13 heteroatoms. The Morgan fingerprint density at radius 2 is 2.16 bits per heavy atom. The minimum atomic E-state index is -3.10. The van der Waals surface area contributed by atoms with Gasteiger partial charge in [-0.25, -0.2) is 9.50 Å². The highest BCUT2D eigenvalue weighted by atomic mass is 19.3. The van der Waals surface area contributed by atoms with E-state index in [1.165, 1.54) is 38.8 Å². The van der Waals surface area contributed by atoms with E-state index in [4.69, 9.17) is 4.74 Å². The smallest absolute Gasteiger partial charge is 0.387 e. The van der Waals surface area contributed by atoms with Gasteiger partial charge in [-0.3, -0.25) is 14.3 Å². The van der Waals surface area contributed by atoms with E-state index in [9.17, 15) is 23.6 Å². The predicted molar refractivity (Wildman–Crippen MR) is 130 cm³/mol. The summed E-state index contributed by atoms with van der Waals surface area (Å²) in [7, 11) is 3.18. The minimum absolute atomic E-state index is 0.0420. The van der Waals surface area contributed by atoms with Crippen LogP contribution in [0.2, 0.25) is 0 Å². The summed E-state index contributed by atoms with van der Waals surface area (Å²) in [6, 6.07) is 8.55. The zero-order valence-corrected chi connectivity index (χ0v) is 20.4. The zero-order valence-electron chi connectivity index (χ0n) is 20.4. The first kappa shape index (κ1) is 24.8. The Labute approximate surface area is 215 Å². The van der Waals surface area contributed by atoms with Gasteiger partial charge in [-0.1, -0.05) is 6.07 Å². The fourth-order valence-electron chi connectivity index (χ4n) is 4.12. The van der Waals surface area contributed by atoms with Gasteiger partial charge in [-0.2, -0.15) is 24.2 Å². The summed E-state index contributed by atoms with van der Waals surface area (Å²) in [5.41, 5.74) is 1.75. The van der Waals surface area contributed by atoms with E-state index < -0.39 is 12.5 Å². The molecule has 3 heterocycles. The van der Waals surface area contributed by atoms with E-state index in [1.807, 2.05) is 0 Å². The van der Waals surface area contributed by atoms with Gasteiger partial charge in [0.2, 0.25) is 5.91 Å². The van der Waals surface area contributed by atoms with Crippen molar-refractivity contribution in [1.82, 2.24) is 29.3 Å². The molecule has 4 aromatic rings. The van der Waals surface area contributed by atoms with Crippen molar-refractivity contribution < 1.29 is 23.1 Å². The Kier molecular flexibility index (Phi) is 6.46. The number of halogens is 2. The molecule has 0 aliphatic heterocycles. The summed E-state index contributed by atoms with van der Waals surface area (Å²) in [6.07, 6.45) is 6.62. The highest BCUT2D eigenvalue weighted by Gasteiger charge is 2.39. The number of carbonyl (C=O) groups is 2. The molecule has 2 atom stereocenters. The van der Waals surface area contributed by atoms with Crippen LogP contribution in [0.1, 0.15) is 28.3 Å². The normalized spacial score (nSPS) is 16.3. The third-order valence-corrected chi connectivity index (χ3v) is 6.19. The molecule has 0 saturated heterocycles.